The van der Waals surface area contributed by atoms with Crippen LogP contribution < -0.4 is 4.74 Å². The van der Waals surface area contributed by atoms with E-state index in [9.17, 15) is 5.11 Å². The third-order valence-corrected chi connectivity index (χ3v) is 6.40. The van der Waals surface area contributed by atoms with E-state index >= 15 is 0 Å². The summed E-state index contributed by atoms with van der Waals surface area (Å²) in [5.74, 6) is 2.56. The van der Waals surface area contributed by atoms with Crippen molar-refractivity contribution in [1.29, 1.82) is 0 Å². The van der Waals surface area contributed by atoms with Crippen molar-refractivity contribution >= 4 is 11.6 Å². The number of nitrogens with zero attached hydrogens (tertiary/aromatic N) is 1. The number of ether oxygens (including phenoxy) is 2. The summed E-state index contributed by atoms with van der Waals surface area (Å²) in [7, 11) is 3.93. The highest BCUT2D eigenvalue weighted by Crippen LogP contribution is 2.40. The highest BCUT2D eigenvalue weighted by molar-refractivity contribution is 5.68. The largest absolute Gasteiger partial charge is 0.497 e. The van der Waals surface area contributed by atoms with Crippen LogP contribution >= 0.6 is 0 Å². The Balaban J connectivity index is 0.000000151. The van der Waals surface area contributed by atoms with Crippen LogP contribution in [0.25, 0.3) is 11.6 Å². The van der Waals surface area contributed by atoms with Gasteiger partial charge in [0.1, 0.15) is 11.4 Å². The lowest BCUT2D eigenvalue weighted by molar-refractivity contribution is -0.184. The monoisotopic (exact) mass is 405 g/mol. The molecule has 2 saturated heterocycles. The van der Waals surface area contributed by atoms with Gasteiger partial charge < -0.3 is 19.5 Å². The van der Waals surface area contributed by atoms with E-state index in [1.807, 2.05) is 24.3 Å². The second-order valence-corrected chi connectivity index (χ2v) is 8.62. The van der Waals surface area contributed by atoms with E-state index < -0.39 is 5.60 Å². The third-order valence-electron chi connectivity index (χ3n) is 6.40. The number of aliphatic hydroxyl groups is 1. The van der Waals surface area contributed by atoms with Crippen LogP contribution in [0.2, 0.25) is 0 Å². The van der Waals surface area contributed by atoms with Gasteiger partial charge in [0.2, 0.25) is 0 Å². The molecule has 2 heterocycles. The van der Waals surface area contributed by atoms with Crippen molar-refractivity contribution in [1.82, 2.24) is 4.90 Å². The minimum absolute atomic E-state index is 0.403. The number of allylic oxidation sites excluding steroid dienone is 1. The second kappa shape index (κ2) is 8.76. The molecule has 5 rings (SSSR count). The maximum atomic E-state index is 9.89. The molecule has 1 aliphatic carbocycles. The fourth-order valence-electron chi connectivity index (χ4n) is 4.54. The number of likely N-dealkylation sites (tertiary alicyclic amines) is 1. The van der Waals surface area contributed by atoms with Gasteiger partial charge in [0.25, 0.3) is 0 Å². The number of fused-ring (bicyclic) bond motifs is 1. The molecule has 0 spiro atoms. The Labute approximate surface area is 179 Å². The number of hydrogen-bond acceptors (Lipinski definition) is 4. The van der Waals surface area contributed by atoms with Crippen LogP contribution in [0, 0.1) is 11.8 Å². The first-order valence-electron chi connectivity index (χ1n) is 10.6. The second-order valence-electron chi connectivity index (χ2n) is 8.62. The van der Waals surface area contributed by atoms with E-state index in [0.717, 1.165) is 28.7 Å². The highest BCUT2D eigenvalue weighted by atomic mass is 16.5. The first-order valence-corrected chi connectivity index (χ1v) is 10.6. The maximum Gasteiger partial charge on any atom is 0.136 e. The minimum Gasteiger partial charge on any atom is -0.497 e. The van der Waals surface area contributed by atoms with E-state index in [-0.39, 0.29) is 0 Å². The summed E-state index contributed by atoms with van der Waals surface area (Å²) in [6, 6.07) is 16.2. The van der Waals surface area contributed by atoms with Gasteiger partial charge in [0, 0.05) is 13.1 Å². The van der Waals surface area contributed by atoms with Gasteiger partial charge in [0.05, 0.1) is 20.3 Å². The molecule has 0 aromatic heterocycles. The van der Waals surface area contributed by atoms with E-state index in [1.165, 1.54) is 30.6 Å². The maximum absolute atomic E-state index is 9.89. The summed E-state index contributed by atoms with van der Waals surface area (Å²) in [6.07, 6.45) is 5.50. The summed E-state index contributed by atoms with van der Waals surface area (Å²) in [5, 5.41) is 9.89. The van der Waals surface area contributed by atoms with Crippen molar-refractivity contribution in [2.75, 3.05) is 40.5 Å². The molecule has 4 heteroatoms. The normalized spacial score (nSPS) is 24.2. The van der Waals surface area contributed by atoms with E-state index in [4.69, 9.17) is 9.47 Å². The van der Waals surface area contributed by atoms with E-state index in [2.05, 4.69) is 48.9 Å². The molecule has 2 unspecified atom stereocenters. The topological polar surface area (TPSA) is 41.9 Å². The van der Waals surface area contributed by atoms with Gasteiger partial charge in [-0.25, -0.2) is 0 Å². The lowest BCUT2D eigenvalue weighted by Gasteiger charge is -2.36. The molecule has 0 saturated carbocycles. The quantitative estimate of drug-likeness (QED) is 0.828. The van der Waals surface area contributed by atoms with Crippen molar-refractivity contribution in [2.45, 2.75) is 12.0 Å². The first kappa shape index (κ1) is 20.9. The zero-order chi connectivity index (χ0) is 21.1. The Morgan fingerprint density at radius 2 is 1.80 bits per heavy atom. The molecule has 2 aliphatic heterocycles. The van der Waals surface area contributed by atoms with Gasteiger partial charge in [-0.15, -0.1) is 0 Å². The zero-order valence-electron chi connectivity index (χ0n) is 17.9. The summed E-state index contributed by atoms with van der Waals surface area (Å²) in [5.41, 5.74) is 4.12. The summed E-state index contributed by atoms with van der Waals surface area (Å²) >= 11 is 0. The van der Waals surface area contributed by atoms with Gasteiger partial charge in [0.15, 0.2) is 0 Å². The molecule has 2 aromatic carbocycles. The van der Waals surface area contributed by atoms with Gasteiger partial charge in [-0.1, -0.05) is 55.1 Å². The lowest BCUT2D eigenvalue weighted by atomic mass is 9.91. The van der Waals surface area contributed by atoms with Crippen LogP contribution in [-0.2, 0) is 10.3 Å². The van der Waals surface area contributed by atoms with E-state index in [0.29, 0.717) is 13.2 Å². The zero-order valence-corrected chi connectivity index (χ0v) is 17.9. The molecule has 0 radical (unpaired) electrons. The molecule has 30 heavy (non-hydrogen) atoms. The predicted octanol–water partition coefficient (Wildman–Crippen LogP) is 4.21. The van der Waals surface area contributed by atoms with Crippen molar-refractivity contribution < 1.29 is 14.6 Å². The number of rotatable bonds is 4. The summed E-state index contributed by atoms with van der Waals surface area (Å²) in [4.78, 5) is 2.44. The number of benzene rings is 2. The molecular weight excluding hydrogens is 374 g/mol. The molecule has 2 atom stereocenters. The number of hydrogen-bond donors (Lipinski definition) is 1. The Hall–Kier alpha value is -2.40. The van der Waals surface area contributed by atoms with Gasteiger partial charge in [-0.3, -0.25) is 0 Å². The SMILES string of the molecule is C=Cc1ccc(C2(O)COC2)cc1.COc1ccc(C2=CC3CN(C)CC3C2)cc1. The van der Waals surface area contributed by atoms with Crippen molar-refractivity contribution in [3.05, 3.63) is 77.9 Å². The third kappa shape index (κ3) is 4.36. The fourth-order valence-corrected chi connectivity index (χ4v) is 4.54. The smallest absolute Gasteiger partial charge is 0.136 e. The minimum atomic E-state index is -0.750. The molecule has 2 aromatic rings. The van der Waals surface area contributed by atoms with Gasteiger partial charge in [-0.05, 0) is 59.7 Å². The lowest BCUT2D eigenvalue weighted by Crippen LogP contribution is -2.46. The molecule has 3 aliphatic rings. The average molecular weight is 406 g/mol. The highest BCUT2D eigenvalue weighted by Gasteiger charge is 2.37. The summed E-state index contributed by atoms with van der Waals surface area (Å²) < 4.78 is 10.2. The van der Waals surface area contributed by atoms with E-state index in [1.54, 1.807) is 13.2 Å². The predicted molar refractivity (Wildman–Crippen MR) is 121 cm³/mol. The van der Waals surface area contributed by atoms with Gasteiger partial charge >= 0.3 is 0 Å². The molecule has 1 N–H and O–H groups in total. The molecular formula is C26H31NO3. The molecule has 158 valence electrons. The first-order chi connectivity index (χ1) is 14.5. The van der Waals surface area contributed by atoms with Crippen molar-refractivity contribution in [3.8, 4) is 5.75 Å². The van der Waals surface area contributed by atoms with Crippen molar-refractivity contribution in [2.24, 2.45) is 11.8 Å². The Bertz CT molecular complexity index is 897. The molecule has 2 fully saturated rings. The van der Waals surface area contributed by atoms with Crippen LogP contribution in [0.15, 0.2) is 61.2 Å². The van der Waals surface area contributed by atoms with Crippen LogP contribution in [-0.4, -0.2) is 50.5 Å². The molecule has 0 amide bonds. The van der Waals surface area contributed by atoms with Crippen LogP contribution in [0.3, 0.4) is 0 Å². The van der Waals surface area contributed by atoms with Crippen LogP contribution in [0.4, 0.5) is 0 Å². The molecule has 4 nitrogen and oxygen atoms in total. The van der Waals surface area contributed by atoms with Crippen LogP contribution in [0.5, 0.6) is 5.75 Å². The molecule has 0 bridgehead atoms. The standard InChI is InChI=1S/C15H19NO.C11H12O2/c1-16-9-13-7-12(8-14(13)10-16)11-3-5-15(17-2)6-4-11;1-2-9-3-5-10(6-4-9)11(12)7-13-8-11/h3-7,13-14H,8-10H2,1-2H3;2-6,12H,1,7-8H2. The van der Waals surface area contributed by atoms with Crippen LogP contribution in [0.1, 0.15) is 23.1 Å². The van der Waals surface area contributed by atoms with Gasteiger partial charge in [-0.2, -0.15) is 0 Å². The Morgan fingerprint density at radius 3 is 2.33 bits per heavy atom. The average Bonchev–Trinajstić information content (AvgIpc) is 3.30. The summed E-state index contributed by atoms with van der Waals surface area (Å²) in [6.45, 7) is 6.95. The van der Waals surface area contributed by atoms with Crippen molar-refractivity contribution in [3.63, 3.8) is 0 Å². The Kier molecular flexibility index (Phi) is 6.09. The fraction of sp³-hybridized carbons (Fsp3) is 0.385. The Morgan fingerprint density at radius 1 is 1.10 bits per heavy atom. The number of methoxy groups -OCH3 is 1.